The molecule has 1 heterocycles. The predicted octanol–water partition coefficient (Wildman–Crippen LogP) is 2.55. The number of nitrogens with zero attached hydrogens (tertiary/aromatic N) is 2. The Morgan fingerprint density at radius 3 is 2.82 bits per heavy atom. The third kappa shape index (κ3) is 5.42. The van der Waals surface area contributed by atoms with Crippen molar-refractivity contribution in [3.8, 4) is 0 Å². The lowest BCUT2D eigenvalue weighted by Crippen LogP contribution is -2.38. The molecule has 0 bridgehead atoms. The zero-order valence-corrected chi connectivity index (χ0v) is 15.3. The maximum absolute atomic E-state index is 5.04. The Hall–Kier alpha value is -1.41. The van der Waals surface area contributed by atoms with Crippen LogP contribution in [0.25, 0.3) is 10.9 Å². The number of benzene rings is 1. The molecule has 0 atom stereocenters. The number of para-hydroxylation sites is 1. The van der Waals surface area contributed by atoms with Gasteiger partial charge in [-0.15, -0.1) is 24.0 Å². The van der Waals surface area contributed by atoms with Gasteiger partial charge in [0.05, 0.1) is 18.7 Å². The van der Waals surface area contributed by atoms with Gasteiger partial charge in [-0.25, -0.2) is 4.99 Å². The first-order valence-electron chi connectivity index (χ1n) is 7.19. The van der Waals surface area contributed by atoms with Gasteiger partial charge in [0, 0.05) is 31.8 Å². The van der Waals surface area contributed by atoms with Crippen molar-refractivity contribution in [3.63, 3.8) is 0 Å². The Labute approximate surface area is 148 Å². The Balaban J connectivity index is 0.00000242. The van der Waals surface area contributed by atoms with Gasteiger partial charge in [-0.1, -0.05) is 18.2 Å². The lowest BCUT2D eigenvalue weighted by atomic mass is 10.1. The van der Waals surface area contributed by atoms with Crippen molar-refractivity contribution in [2.45, 2.75) is 13.5 Å². The molecule has 0 fully saturated rings. The van der Waals surface area contributed by atoms with Gasteiger partial charge >= 0.3 is 0 Å². The molecular weight excluding hydrogens is 391 g/mol. The SMILES string of the molecule is CCNC(=NCc1ccnc2ccccc12)NCCOC.I. The van der Waals surface area contributed by atoms with E-state index in [1.807, 2.05) is 30.5 Å². The second-order valence-corrected chi connectivity index (χ2v) is 4.60. The summed E-state index contributed by atoms with van der Waals surface area (Å²) >= 11 is 0. The Bertz CT molecular complexity index is 598. The molecular formula is C16H23IN4O. The number of hydrogen-bond acceptors (Lipinski definition) is 3. The molecule has 1 aromatic heterocycles. The minimum Gasteiger partial charge on any atom is -0.383 e. The van der Waals surface area contributed by atoms with E-state index in [9.17, 15) is 0 Å². The quantitative estimate of drug-likeness (QED) is 0.330. The lowest BCUT2D eigenvalue weighted by Gasteiger charge is -2.11. The topological polar surface area (TPSA) is 58.5 Å². The number of fused-ring (bicyclic) bond motifs is 1. The van der Waals surface area contributed by atoms with Crippen LogP contribution in [0.4, 0.5) is 0 Å². The highest BCUT2D eigenvalue weighted by Crippen LogP contribution is 2.16. The summed E-state index contributed by atoms with van der Waals surface area (Å²) in [5.41, 5.74) is 2.17. The number of pyridine rings is 1. The fraction of sp³-hybridized carbons (Fsp3) is 0.375. The van der Waals surface area contributed by atoms with Gasteiger partial charge in [-0.3, -0.25) is 4.98 Å². The van der Waals surface area contributed by atoms with Crippen molar-refractivity contribution in [2.24, 2.45) is 4.99 Å². The molecule has 2 N–H and O–H groups in total. The van der Waals surface area contributed by atoms with Crippen LogP contribution in [0.1, 0.15) is 12.5 Å². The van der Waals surface area contributed by atoms with Crippen molar-refractivity contribution >= 4 is 40.8 Å². The van der Waals surface area contributed by atoms with E-state index in [1.54, 1.807) is 7.11 Å². The molecule has 2 aromatic rings. The zero-order chi connectivity index (χ0) is 14.9. The highest BCUT2D eigenvalue weighted by molar-refractivity contribution is 14.0. The number of aromatic nitrogens is 1. The second-order valence-electron chi connectivity index (χ2n) is 4.60. The number of guanidine groups is 1. The largest absolute Gasteiger partial charge is 0.383 e. The van der Waals surface area contributed by atoms with Gasteiger partial charge in [0.15, 0.2) is 5.96 Å². The van der Waals surface area contributed by atoms with Crippen molar-refractivity contribution < 1.29 is 4.74 Å². The molecule has 0 spiro atoms. The van der Waals surface area contributed by atoms with Crippen molar-refractivity contribution in [1.82, 2.24) is 15.6 Å². The molecule has 0 saturated carbocycles. The van der Waals surface area contributed by atoms with Crippen LogP contribution in [-0.4, -0.2) is 37.7 Å². The molecule has 0 unspecified atom stereocenters. The van der Waals surface area contributed by atoms with Gasteiger partial charge in [0.2, 0.25) is 0 Å². The molecule has 0 aliphatic heterocycles. The van der Waals surface area contributed by atoms with Crippen molar-refractivity contribution in [1.29, 1.82) is 0 Å². The lowest BCUT2D eigenvalue weighted by molar-refractivity contribution is 0.203. The molecule has 0 saturated heterocycles. The summed E-state index contributed by atoms with van der Waals surface area (Å²) in [6, 6.07) is 10.1. The zero-order valence-electron chi connectivity index (χ0n) is 13.0. The minimum atomic E-state index is 0. The maximum atomic E-state index is 5.04. The number of aliphatic imine (C=N–C) groups is 1. The summed E-state index contributed by atoms with van der Waals surface area (Å²) in [5, 5.41) is 7.62. The summed E-state index contributed by atoms with van der Waals surface area (Å²) in [4.78, 5) is 8.99. The molecule has 0 aliphatic rings. The van der Waals surface area contributed by atoms with E-state index < -0.39 is 0 Å². The monoisotopic (exact) mass is 414 g/mol. The molecule has 120 valence electrons. The minimum absolute atomic E-state index is 0. The van der Waals surface area contributed by atoms with Crippen LogP contribution in [0.3, 0.4) is 0 Å². The highest BCUT2D eigenvalue weighted by atomic mass is 127. The summed E-state index contributed by atoms with van der Waals surface area (Å²) in [6.07, 6.45) is 1.83. The molecule has 6 heteroatoms. The van der Waals surface area contributed by atoms with Gasteiger partial charge in [0.25, 0.3) is 0 Å². The third-order valence-corrected chi connectivity index (χ3v) is 3.09. The van der Waals surface area contributed by atoms with Crippen LogP contribution in [0.15, 0.2) is 41.5 Å². The van der Waals surface area contributed by atoms with E-state index in [0.717, 1.165) is 30.0 Å². The van der Waals surface area contributed by atoms with Crippen LogP contribution in [-0.2, 0) is 11.3 Å². The van der Waals surface area contributed by atoms with E-state index >= 15 is 0 Å². The van der Waals surface area contributed by atoms with Gasteiger partial charge in [-0.2, -0.15) is 0 Å². The van der Waals surface area contributed by atoms with Crippen LogP contribution in [0, 0.1) is 0 Å². The molecule has 0 amide bonds. The smallest absolute Gasteiger partial charge is 0.191 e. The Kier molecular flexibility index (Phi) is 8.76. The van der Waals surface area contributed by atoms with Crippen molar-refractivity contribution in [3.05, 3.63) is 42.1 Å². The molecule has 2 rings (SSSR count). The number of ether oxygens (including phenoxy) is 1. The first-order valence-corrected chi connectivity index (χ1v) is 7.19. The van der Waals surface area contributed by atoms with Crippen LogP contribution in [0.2, 0.25) is 0 Å². The average Bonchev–Trinajstić information content (AvgIpc) is 2.53. The molecule has 5 nitrogen and oxygen atoms in total. The van der Waals surface area contributed by atoms with E-state index in [0.29, 0.717) is 13.2 Å². The molecule has 22 heavy (non-hydrogen) atoms. The summed E-state index contributed by atoms with van der Waals surface area (Å²) in [6.45, 7) is 4.89. The average molecular weight is 414 g/mol. The number of halogens is 1. The number of methoxy groups -OCH3 is 1. The van der Waals surface area contributed by atoms with Gasteiger partial charge < -0.3 is 15.4 Å². The summed E-state index contributed by atoms with van der Waals surface area (Å²) in [7, 11) is 1.69. The number of hydrogen-bond donors (Lipinski definition) is 2. The van der Waals surface area contributed by atoms with Crippen LogP contribution >= 0.6 is 24.0 Å². The molecule has 0 aliphatic carbocycles. The highest BCUT2D eigenvalue weighted by Gasteiger charge is 2.01. The summed E-state index contributed by atoms with van der Waals surface area (Å²) in [5.74, 6) is 0.801. The van der Waals surface area contributed by atoms with E-state index in [1.165, 1.54) is 5.56 Å². The fourth-order valence-electron chi connectivity index (χ4n) is 2.07. The Morgan fingerprint density at radius 2 is 2.05 bits per heavy atom. The van der Waals surface area contributed by atoms with E-state index in [2.05, 4.69) is 33.6 Å². The number of nitrogens with one attached hydrogen (secondary N) is 2. The van der Waals surface area contributed by atoms with Crippen LogP contribution in [0.5, 0.6) is 0 Å². The Morgan fingerprint density at radius 1 is 1.23 bits per heavy atom. The second kappa shape index (κ2) is 10.3. The van der Waals surface area contributed by atoms with Gasteiger partial charge in [-0.05, 0) is 24.6 Å². The standard InChI is InChI=1S/C16H22N4O.HI/c1-3-17-16(19-10-11-21-2)20-12-13-8-9-18-15-7-5-4-6-14(13)15;/h4-9H,3,10-12H2,1-2H3,(H2,17,19,20);1H. The van der Waals surface area contributed by atoms with Crippen molar-refractivity contribution in [2.75, 3.05) is 26.8 Å². The molecule has 0 radical (unpaired) electrons. The number of rotatable bonds is 6. The first kappa shape index (κ1) is 18.6. The predicted molar refractivity (Wildman–Crippen MR) is 102 cm³/mol. The summed E-state index contributed by atoms with van der Waals surface area (Å²) < 4.78 is 5.04. The van der Waals surface area contributed by atoms with Gasteiger partial charge in [0.1, 0.15) is 0 Å². The normalized spacial score (nSPS) is 11.1. The third-order valence-electron chi connectivity index (χ3n) is 3.09. The first-order chi connectivity index (χ1) is 10.3. The van der Waals surface area contributed by atoms with Crippen LogP contribution < -0.4 is 10.6 Å². The maximum Gasteiger partial charge on any atom is 0.191 e. The van der Waals surface area contributed by atoms with E-state index in [4.69, 9.17) is 4.74 Å². The molecule has 1 aromatic carbocycles. The van der Waals surface area contributed by atoms with E-state index in [-0.39, 0.29) is 24.0 Å². The fourth-order valence-corrected chi connectivity index (χ4v) is 2.07.